The molecule has 0 aliphatic rings. The van der Waals surface area contributed by atoms with Crippen molar-refractivity contribution in [2.75, 3.05) is 25.1 Å². The van der Waals surface area contributed by atoms with Gasteiger partial charge in [0.15, 0.2) is 0 Å². The van der Waals surface area contributed by atoms with Crippen molar-refractivity contribution in [1.29, 1.82) is 0 Å². The Morgan fingerprint density at radius 2 is 1.86 bits per heavy atom. The van der Waals surface area contributed by atoms with Crippen molar-refractivity contribution in [3.8, 4) is 0 Å². The molecule has 0 radical (unpaired) electrons. The van der Waals surface area contributed by atoms with Crippen LogP contribution < -0.4 is 10.2 Å². The number of nitrogens with zero attached hydrogens (tertiary/aromatic N) is 1. The average Bonchev–Trinajstić information content (AvgIpc) is 2.41. The second-order valence-corrected chi connectivity index (χ2v) is 6.92. The molecule has 3 heteroatoms. The maximum absolute atomic E-state index is 8.80. The van der Waals surface area contributed by atoms with Crippen LogP contribution in [0.4, 0.5) is 5.69 Å². The van der Waals surface area contributed by atoms with E-state index < -0.39 is 0 Å². The van der Waals surface area contributed by atoms with Crippen LogP contribution in [0.25, 0.3) is 0 Å². The van der Waals surface area contributed by atoms with Gasteiger partial charge in [0.1, 0.15) is 0 Å². The number of hydrogen-bond donors (Lipinski definition) is 2. The number of rotatable bonds is 8. The molecule has 0 atom stereocenters. The lowest BCUT2D eigenvalue weighted by Crippen LogP contribution is -2.35. The summed E-state index contributed by atoms with van der Waals surface area (Å²) in [4.78, 5) is 2.30. The van der Waals surface area contributed by atoms with Crippen LogP contribution in [-0.2, 0) is 6.54 Å². The molecule has 0 unspecified atom stereocenters. The van der Waals surface area contributed by atoms with Crippen LogP contribution in [0.3, 0.4) is 0 Å². The van der Waals surface area contributed by atoms with Crippen LogP contribution in [-0.4, -0.2) is 30.8 Å². The lowest BCUT2D eigenvalue weighted by molar-refractivity contribution is 0.283. The van der Waals surface area contributed by atoms with Crippen LogP contribution in [0.15, 0.2) is 18.2 Å². The van der Waals surface area contributed by atoms with Crippen molar-refractivity contribution in [3.63, 3.8) is 0 Å². The Balaban J connectivity index is 2.56. The van der Waals surface area contributed by atoms with E-state index in [-0.39, 0.29) is 5.54 Å². The highest BCUT2D eigenvalue weighted by molar-refractivity contribution is 5.50. The van der Waals surface area contributed by atoms with Crippen molar-refractivity contribution in [2.45, 2.75) is 59.0 Å². The van der Waals surface area contributed by atoms with Crippen LogP contribution in [0, 0.1) is 6.92 Å². The first-order valence-electron chi connectivity index (χ1n) is 8.00. The standard InChI is InChI=1S/C18H32N2O/c1-15-13-17(20(5)11-7-6-8-12-21)10-9-16(15)14-19-18(2,3)4/h9-10,13,19,21H,6-8,11-12,14H2,1-5H3. The zero-order valence-corrected chi connectivity index (χ0v) is 14.4. The molecule has 0 saturated carbocycles. The summed E-state index contributed by atoms with van der Waals surface area (Å²) >= 11 is 0. The molecular weight excluding hydrogens is 260 g/mol. The zero-order chi connectivity index (χ0) is 15.9. The molecule has 1 aromatic carbocycles. The van der Waals surface area contributed by atoms with E-state index in [1.807, 2.05) is 0 Å². The largest absolute Gasteiger partial charge is 0.396 e. The molecule has 0 spiro atoms. The minimum Gasteiger partial charge on any atom is -0.396 e. The van der Waals surface area contributed by atoms with Crippen LogP contribution in [0.1, 0.15) is 51.2 Å². The Bertz CT molecular complexity index is 424. The van der Waals surface area contributed by atoms with E-state index in [1.54, 1.807) is 0 Å². The molecule has 0 heterocycles. The lowest BCUT2D eigenvalue weighted by Gasteiger charge is -2.23. The maximum Gasteiger partial charge on any atom is 0.0431 e. The fourth-order valence-corrected chi connectivity index (χ4v) is 2.24. The highest BCUT2D eigenvalue weighted by Crippen LogP contribution is 2.19. The molecule has 0 aliphatic carbocycles. The molecular formula is C18H32N2O. The molecule has 0 aromatic heterocycles. The summed E-state index contributed by atoms with van der Waals surface area (Å²) in [6.07, 6.45) is 3.13. The normalized spacial score (nSPS) is 11.7. The first-order valence-corrected chi connectivity index (χ1v) is 8.00. The summed E-state index contributed by atoms with van der Waals surface area (Å²) in [5, 5.41) is 12.3. The Labute approximate surface area is 130 Å². The van der Waals surface area contributed by atoms with E-state index in [0.29, 0.717) is 6.61 Å². The monoisotopic (exact) mass is 292 g/mol. The Hall–Kier alpha value is -1.06. The molecule has 21 heavy (non-hydrogen) atoms. The number of hydrogen-bond acceptors (Lipinski definition) is 3. The number of nitrogens with one attached hydrogen (secondary N) is 1. The minimum absolute atomic E-state index is 0.147. The van der Waals surface area contributed by atoms with Gasteiger partial charge in [-0.2, -0.15) is 0 Å². The molecule has 1 rings (SSSR count). The fraction of sp³-hybridized carbons (Fsp3) is 0.667. The third-order valence-electron chi connectivity index (χ3n) is 3.73. The van der Waals surface area contributed by atoms with Gasteiger partial charge in [0.2, 0.25) is 0 Å². The third-order valence-corrected chi connectivity index (χ3v) is 3.73. The predicted molar refractivity (Wildman–Crippen MR) is 92.0 cm³/mol. The van der Waals surface area contributed by atoms with Gasteiger partial charge in [-0.05, 0) is 70.2 Å². The molecule has 2 N–H and O–H groups in total. The molecule has 0 fully saturated rings. The van der Waals surface area contributed by atoms with E-state index in [9.17, 15) is 0 Å². The quantitative estimate of drug-likeness (QED) is 0.720. The summed E-state index contributed by atoms with van der Waals surface area (Å²) in [5.74, 6) is 0. The summed E-state index contributed by atoms with van der Waals surface area (Å²) in [6.45, 7) is 11.0. The van der Waals surface area contributed by atoms with Gasteiger partial charge in [0.05, 0.1) is 0 Å². The van der Waals surface area contributed by atoms with E-state index in [1.165, 1.54) is 16.8 Å². The van der Waals surface area contributed by atoms with Gasteiger partial charge in [-0.25, -0.2) is 0 Å². The number of benzene rings is 1. The molecule has 3 nitrogen and oxygen atoms in total. The number of aryl methyl sites for hydroxylation is 1. The van der Waals surface area contributed by atoms with Crippen molar-refractivity contribution >= 4 is 5.69 Å². The molecule has 1 aromatic rings. The summed E-state index contributed by atoms with van der Waals surface area (Å²) < 4.78 is 0. The van der Waals surface area contributed by atoms with Gasteiger partial charge in [-0.15, -0.1) is 0 Å². The second kappa shape index (κ2) is 8.40. The van der Waals surface area contributed by atoms with E-state index in [4.69, 9.17) is 5.11 Å². The van der Waals surface area contributed by atoms with Gasteiger partial charge in [0.25, 0.3) is 0 Å². The van der Waals surface area contributed by atoms with Gasteiger partial charge >= 0.3 is 0 Å². The average molecular weight is 292 g/mol. The van der Waals surface area contributed by atoms with Crippen molar-refractivity contribution in [3.05, 3.63) is 29.3 Å². The zero-order valence-electron chi connectivity index (χ0n) is 14.4. The van der Waals surface area contributed by atoms with Crippen molar-refractivity contribution in [2.24, 2.45) is 0 Å². The highest BCUT2D eigenvalue weighted by Gasteiger charge is 2.10. The molecule has 0 amide bonds. The number of aliphatic hydroxyl groups is 1. The van der Waals surface area contributed by atoms with Gasteiger partial charge in [-0.1, -0.05) is 6.07 Å². The highest BCUT2D eigenvalue weighted by atomic mass is 16.2. The van der Waals surface area contributed by atoms with Crippen LogP contribution >= 0.6 is 0 Å². The van der Waals surface area contributed by atoms with E-state index in [0.717, 1.165) is 32.4 Å². The van der Waals surface area contributed by atoms with Crippen LogP contribution in [0.2, 0.25) is 0 Å². The topological polar surface area (TPSA) is 35.5 Å². The van der Waals surface area contributed by atoms with Gasteiger partial charge < -0.3 is 15.3 Å². The SMILES string of the molecule is Cc1cc(N(C)CCCCCO)ccc1CNC(C)(C)C. The lowest BCUT2D eigenvalue weighted by atomic mass is 10.0. The van der Waals surface area contributed by atoms with E-state index >= 15 is 0 Å². The summed E-state index contributed by atoms with van der Waals surface area (Å²) in [6, 6.07) is 6.71. The maximum atomic E-state index is 8.80. The van der Waals surface area contributed by atoms with E-state index in [2.05, 4.69) is 63.2 Å². The molecule has 0 saturated heterocycles. The minimum atomic E-state index is 0.147. The third kappa shape index (κ3) is 6.96. The Morgan fingerprint density at radius 1 is 1.14 bits per heavy atom. The smallest absolute Gasteiger partial charge is 0.0431 e. The Kier molecular flexibility index (Phi) is 7.20. The summed E-state index contributed by atoms with van der Waals surface area (Å²) in [7, 11) is 2.14. The number of anilines is 1. The van der Waals surface area contributed by atoms with Gasteiger partial charge in [0, 0.05) is 38.0 Å². The van der Waals surface area contributed by atoms with Crippen LogP contribution in [0.5, 0.6) is 0 Å². The fourth-order valence-electron chi connectivity index (χ4n) is 2.24. The molecule has 0 bridgehead atoms. The predicted octanol–water partition coefficient (Wildman–Crippen LogP) is 3.48. The first kappa shape index (κ1) is 18.0. The number of unbranched alkanes of at least 4 members (excludes halogenated alkanes) is 2. The molecule has 0 aliphatic heterocycles. The van der Waals surface area contributed by atoms with Gasteiger partial charge in [-0.3, -0.25) is 0 Å². The Morgan fingerprint density at radius 3 is 2.43 bits per heavy atom. The second-order valence-electron chi connectivity index (χ2n) is 6.92. The molecule has 120 valence electrons. The van der Waals surface area contributed by atoms with Crippen molar-refractivity contribution in [1.82, 2.24) is 5.32 Å². The number of aliphatic hydroxyl groups excluding tert-OH is 1. The van der Waals surface area contributed by atoms with Crippen molar-refractivity contribution < 1.29 is 5.11 Å². The summed E-state index contributed by atoms with van der Waals surface area (Å²) in [5.41, 5.74) is 4.12. The first-order chi connectivity index (χ1) is 9.83.